The summed E-state index contributed by atoms with van der Waals surface area (Å²) in [5, 5.41) is 0. The van der Waals surface area contributed by atoms with Crippen molar-refractivity contribution >= 4 is 10.4 Å². The zero-order valence-corrected chi connectivity index (χ0v) is 9.74. The van der Waals surface area contributed by atoms with Crippen molar-refractivity contribution < 1.29 is 17.2 Å². The lowest BCUT2D eigenvalue weighted by Gasteiger charge is -1.94. The van der Waals surface area contributed by atoms with Gasteiger partial charge in [0.1, 0.15) is 0 Å². The minimum Gasteiger partial charge on any atom is -0.264 e. The van der Waals surface area contributed by atoms with Gasteiger partial charge in [0.2, 0.25) is 0 Å². The van der Waals surface area contributed by atoms with Crippen LogP contribution in [0.3, 0.4) is 0 Å². The fourth-order valence-electron chi connectivity index (χ4n) is 0.934. The molecule has 0 saturated heterocycles. The van der Waals surface area contributed by atoms with Gasteiger partial charge in [-0.1, -0.05) is 31.2 Å². The number of allylic oxidation sites excluding steroid dienone is 3. The second-order valence-electron chi connectivity index (χ2n) is 2.97. The molecule has 0 fully saturated rings. The van der Waals surface area contributed by atoms with Gasteiger partial charge in [0.15, 0.2) is 0 Å². The number of hydrogen-bond acceptors (Lipinski definition) is 3. The van der Waals surface area contributed by atoms with E-state index in [0.717, 1.165) is 19.3 Å². The topological polar surface area (TPSA) is 63.6 Å². The summed E-state index contributed by atoms with van der Waals surface area (Å²) < 4.78 is 32.6. The van der Waals surface area contributed by atoms with Crippen molar-refractivity contribution in [2.45, 2.75) is 32.6 Å². The Morgan fingerprint density at radius 1 is 1.07 bits per heavy atom. The predicted molar refractivity (Wildman–Crippen MR) is 59.9 cm³/mol. The Hall–Kier alpha value is -0.650. The van der Waals surface area contributed by atoms with Crippen LogP contribution in [0, 0.1) is 0 Å². The fraction of sp³-hybridized carbons (Fsp3) is 0.600. The van der Waals surface area contributed by atoms with Gasteiger partial charge >= 0.3 is 10.4 Å². The van der Waals surface area contributed by atoms with Crippen molar-refractivity contribution in [2.75, 3.05) is 6.61 Å². The molecule has 0 atom stereocenters. The van der Waals surface area contributed by atoms with Gasteiger partial charge < -0.3 is 0 Å². The van der Waals surface area contributed by atoms with Crippen LogP contribution in [0.25, 0.3) is 0 Å². The molecular weight excluding hydrogens is 216 g/mol. The molecule has 0 aliphatic rings. The molecule has 0 amide bonds. The van der Waals surface area contributed by atoms with E-state index in [4.69, 9.17) is 4.55 Å². The van der Waals surface area contributed by atoms with Gasteiger partial charge in [-0.3, -0.25) is 4.55 Å². The molecule has 0 spiro atoms. The molecule has 0 radical (unpaired) electrons. The van der Waals surface area contributed by atoms with Crippen LogP contribution in [-0.4, -0.2) is 19.6 Å². The standard InChI is InChI=1S/C10H18O4S/c1-2-3-4-5-6-7-8-9-10-14-15(11,12)13/h3-4,7-8H,2,5-6,9-10H2,1H3,(H,11,12,13)/b4-3+,8-7+. The number of hydrogen-bond donors (Lipinski definition) is 1. The fourth-order valence-corrected chi connectivity index (χ4v) is 1.24. The first-order chi connectivity index (χ1) is 7.06. The Bertz CT molecular complexity index is 291. The molecule has 0 bridgehead atoms. The Kier molecular flexibility index (Phi) is 8.27. The van der Waals surface area contributed by atoms with E-state index in [-0.39, 0.29) is 6.61 Å². The molecule has 5 heteroatoms. The highest BCUT2D eigenvalue weighted by Gasteiger charge is 2.00. The molecule has 0 aromatic carbocycles. The summed E-state index contributed by atoms with van der Waals surface area (Å²) in [6.45, 7) is 2.07. The normalized spacial score (nSPS) is 12.9. The lowest BCUT2D eigenvalue weighted by molar-refractivity contribution is 0.273. The van der Waals surface area contributed by atoms with Crippen LogP contribution in [0.15, 0.2) is 24.3 Å². The third-order valence-corrected chi connectivity index (χ3v) is 2.05. The molecule has 0 heterocycles. The van der Waals surface area contributed by atoms with Crippen molar-refractivity contribution in [3.63, 3.8) is 0 Å². The van der Waals surface area contributed by atoms with E-state index in [1.165, 1.54) is 0 Å². The molecule has 0 aliphatic carbocycles. The Labute approximate surface area is 91.6 Å². The Morgan fingerprint density at radius 2 is 1.60 bits per heavy atom. The van der Waals surface area contributed by atoms with Crippen LogP contribution >= 0.6 is 0 Å². The van der Waals surface area contributed by atoms with Gasteiger partial charge in [-0.2, -0.15) is 8.42 Å². The van der Waals surface area contributed by atoms with Gasteiger partial charge in [-0.25, -0.2) is 4.18 Å². The summed E-state index contributed by atoms with van der Waals surface area (Å²) in [7, 11) is -4.27. The summed E-state index contributed by atoms with van der Waals surface area (Å²) in [6, 6.07) is 0. The summed E-state index contributed by atoms with van der Waals surface area (Å²) in [5.74, 6) is 0. The minimum absolute atomic E-state index is 0.0138. The highest BCUT2D eigenvalue weighted by molar-refractivity contribution is 7.80. The second kappa shape index (κ2) is 8.64. The van der Waals surface area contributed by atoms with Crippen LogP contribution in [-0.2, 0) is 14.6 Å². The van der Waals surface area contributed by atoms with Crippen molar-refractivity contribution in [3.8, 4) is 0 Å². The van der Waals surface area contributed by atoms with E-state index in [0.29, 0.717) is 6.42 Å². The smallest absolute Gasteiger partial charge is 0.264 e. The van der Waals surface area contributed by atoms with E-state index >= 15 is 0 Å². The van der Waals surface area contributed by atoms with Crippen LogP contribution in [0.1, 0.15) is 32.6 Å². The van der Waals surface area contributed by atoms with Gasteiger partial charge in [0.05, 0.1) is 6.61 Å². The Morgan fingerprint density at radius 3 is 2.13 bits per heavy atom. The minimum atomic E-state index is -4.27. The molecule has 0 rings (SSSR count). The zero-order valence-electron chi connectivity index (χ0n) is 8.93. The Balaban J connectivity index is 3.36. The molecule has 0 unspecified atom stereocenters. The lowest BCUT2D eigenvalue weighted by Crippen LogP contribution is -2.03. The number of unbranched alkanes of at least 4 members (excludes halogenated alkanes) is 1. The zero-order chi connectivity index (χ0) is 11.6. The summed E-state index contributed by atoms with van der Waals surface area (Å²) in [5.41, 5.74) is 0. The molecular formula is C10H18O4S. The van der Waals surface area contributed by atoms with Gasteiger partial charge in [0.25, 0.3) is 0 Å². The quantitative estimate of drug-likeness (QED) is 0.398. The largest absolute Gasteiger partial charge is 0.397 e. The van der Waals surface area contributed by atoms with E-state index in [1.54, 1.807) is 0 Å². The lowest BCUT2D eigenvalue weighted by atomic mass is 10.2. The van der Waals surface area contributed by atoms with E-state index < -0.39 is 10.4 Å². The molecule has 0 aromatic heterocycles. The molecule has 4 nitrogen and oxygen atoms in total. The summed E-state index contributed by atoms with van der Waals surface area (Å²) in [4.78, 5) is 0. The maximum absolute atomic E-state index is 10.1. The predicted octanol–water partition coefficient (Wildman–Crippen LogP) is 2.50. The SMILES string of the molecule is CC/C=C/CC/C=C/CCOS(=O)(=O)O. The van der Waals surface area contributed by atoms with Crippen LogP contribution in [0.4, 0.5) is 0 Å². The third kappa shape index (κ3) is 13.3. The molecule has 88 valence electrons. The van der Waals surface area contributed by atoms with Gasteiger partial charge in [-0.05, 0) is 25.7 Å². The van der Waals surface area contributed by atoms with Crippen molar-refractivity contribution in [3.05, 3.63) is 24.3 Å². The number of rotatable bonds is 8. The molecule has 0 saturated carbocycles. The molecule has 15 heavy (non-hydrogen) atoms. The van der Waals surface area contributed by atoms with Crippen molar-refractivity contribution in [1.82, 2.24) is 0 Å². The van der Waals surface area contributed by atoms with Crippen molar-refractivity contribution in [1.29, 1.82) is 0 Å². The van der Waals surface area contributed by atoms with E-state index in [1.807, 2.05) is 12.2 Å². The molecule has 0 aliphatic heterocycles. The maximum Gasteiger partial charge on any atom is 0.397 e. The monoisotopic (exact) mass is 234 g/mol. The van der Waals surface area contributed by atoms with Crippen LogP contribution in [0.5, 0.6) is 0 Å². The summed E-state index contributed by atoms with van der Waals surface area (Å²) in [6.07, 6.45) is 11.5. The first-order valence-corrected chi connectivity index (χ1v) is 6.34. The maximum atomic E-state index is 10.1. The summed E-state index contributed by atoms with van der Waals surface area (Å²) >= 11 is 0. The van der Waals surface area contributed by atoms with E-state index in [9.17, 15) is 8.42 Å². The second-order valence-corrected chi connectivity index (χ2v) is 4.06. The highest BCUT2D eigenvalue weighted by Crippen LogP contribution is 1.96. The highest BCUT2D eigenvalue weighted by atomic mass is 32.3. The molecule has 1 N–H and O–H groups in total. The van der Waals surface area contributed by atoms with Gasteiger partial charge in [-0.15, -0.1) is 0 Å². The third-order valence-electron chi connectivity index (χ3n) is 1.59. The van der Waals surface area contributed by atoms with Crippen molar-refractivity contribution in [2.24, 2.45) is 0 Å². The van der Waals surface area contributed by atoms with Crippen LogP contribution in [0.2, 0.25) is 0 Å². The molecule has 0 aromatic rings. The first-order valence-electron chi connectivity index (χ1n) is 4.98. The average Bonchev–Trinajstić information content (AvgIpc) is 2.14. The van der Waals surface area contributed by atoms with Gasteiger partial charge in [0, 0.05) is 0 Å². The average molecular weight is 234 g/mol. The van der Waals surface area contributed by atoms with E-state index in [2.05, 4.69) is 23.3 Å². The first kappa shape index (κ1) is 14.3. The van der Waals surface area contributed by atoms with Crippen LogP contribution < -0.4 is 0 Å².